The van der Waals surface area contributed by atoms with E-state index >= 15 is 0 Å². The molecule has 0 spiro atoms. The van der Waals surface area contributed by atoms with Crippen LogP contribution in [0.15, 0.2) is 0 Å². The lowest BCUT2D eigenvalue weighted by atomic mass is 9.97. The fourth-order valence-electron chi connectivity index (χ4n) is 1.72. The van der Waals surface area contributed by atoms with Crippen LogP contribution in [0.2, 0.25) is 0 Å². The van der Waals surface area contributed by atoms with Gasteiger partial charge in [-0.15, -0.1) is 0 Å². The second-order valence-corrected chi connectivity index (χ2v) is 3.75. The van der Waals surface area contributed by atoms with E-state index in [9.17, 15) is 4.79 Å². The van der Waals surface area contributed by atoms with Gasteiger partial charge in [0.25, 0.3) is 0 Å². The molecule has 1 saturated heterocycles. The van der Waals surface area contributed by atoms with Crippen molar-refractivity contribution in [3.05, 3.63) is 0 Å². The molecule has 70 valence electrons. The molecule has 2 unspecified atom stereocenters. The largest absolute Gasteiger partial charge is 0.356 e. The molecule has 0 radical (unpaired) electrons. The Morgan fingerprint density at radius 1 is 1.42 bits per heavy atom. The average Bonchev–Trinajstić information content (AvgIpc) is 2.20. The maximum Gasteiger partial charge on any atom is 0.207 e. The third-order valence-corrected chi connectivity index (χ3v) is 2.76. The molecule has 0 saturated carbocycles. The van der Waals surface area contributed by atoms with Crippen molar-refractivity contribution in [3.8, 4) is 0 Å². The first-order valence-electron chi connectivity index (χ1n) is 4.62. The van der Waals surface area contributed by atoms with E-state index in [1.807, 2.05) is 0 Å². The Kier molecular flexibility index (Phi) is 3.53. The quantitative estimate of drug-likeness (QED) is 0.611. The van der Waals surface area contributed by atoms with E-state index in [1.54, 1.807) is 0 Å². The summed E-state index contributed by atoms with van der Waals surface area (Å²) in [6.45, 7) is 4.45. The zero-order chi connectivity index (χ0) is 8.97. The summed E-state index contributed by atoms with van der Waals surface area (Å²) in [7, 11) is 2.13. The number of amides is 1. The number of rotatable bonds is 2. The van der Waals surface area contributed by atoms with E-state index < -0.39 is 0 Å². The van der Waals surface area contributed by atoms with Crippen molar-refractivity contribution in [2.24, 2.45) is 5.92 Å². The van der Waals surface area contributed by atoms with Crippen LogP contribution in [0, 0.1) is 5.92 Å². The monoisotopic (exact) mass is 170 g/mol. The van der Waals surface area contributed by atoms with Crippen molar-refractivity contribution in [1.29, 1.82) is 0 Å². The van der Waals surface area contributed by atoms with Crippen molar-refractivity contribution in [2.75, 3.05) is 20.1 Å². The molecule has 0 aromatic rings. The summed E-state index contributed by atoms with van der Waals surface area (Å²) in [5, 5.41) is 2.89. The van der Waals surface area contributed by atoms with Gasteiger partial charge in [-0.1, -0.05) is 6.92 Å². The van der Waals surface area contributed by atoms with Crippen LogP contribution in [0.1, 0.15) is 19.8 Å². The van der Waals surface area contributed by atoms with Crippen molar-refractivity contribution < 1.29 is 4.79 Å². The van der Waals surface area contributed by atoms with E-state index in [0.29, 0.717) is 12.0 Å². The SMILES string of the molecule is CC1CCN(C)CCC1NC=O. The fourth-order valence-corrected chi connectivity index (χ4v) is 1.72. The molecule has 0 aliphatic carbocycles. The minimum Gasteiger partial charge on any atom is -0.356 e. The van der Waals surface area contributed by atoms with Gasteiger partial charge in [0.05, 0.1) is 0 Å². The molecule has 1 heterocycles. The normalized spacial score (nSPS) is 32.5. The topological polar surface area (TPSA) is 32.3 Å². The van der Waals surface area contributed by atoms with Crippen LogP contribution in [0.3, 0.4) is 0 Å². The van der Waals surface area contributed by atoms with Crippen LogP contribution in [0.25, 0.3) is 0 Å². The van der Waals surface area contributed by atoms with Gasteiger partial charge >= 0.3 is 0 Å². The first-order chi connectivity index (χ1) is 5.74. The lowest BCUT2D eigenvalue weighted by Gasteiger charge is -2.19. The van der Waals surface area contributed by atoms with Crippen LogP contribution in [0.4, 0.5) is 0 Å². The molecule has 3 heteroatoms. The average molecular weight is 170 g/mol. The van der Waals surface area contributed by atoms with Gasteiger partial charge in [0.15, 0.2) is 0 Å². The molecular formula is C9H18N2O. The fraction of sp³-hybridized carbons (Fsp3) is 0.889. The second kappa shape index (κ2) is 4.45. The van der Waals surface area contributed by atoms with Gasteiger partial charge in [-0.2, -0.15) is 0 Å². The third kappa shape index (κ3) is 2.48. The van der Waals surface area contributed by atoms with Gasteiger partial charge in [-0.3, -0.25) is 4.79 Å². The summed E-state index contributed by atoms with van der Waals surface area (Å²) >= 11 is 0. The Morgan fingerprint density at radius 3 is 2.75 bits per heavy atom. The van der Waals surface area contributed by atoms with Crippen LogP contribution < -0.4 is 5.32 Å². The number of carbonyl (C=O) groups is 1. The smallest absolute Gasteiger partial charge is 0.207 e. The van der Waals surface area contributed by atoms with Crippen molar-refractivity contribution >= 4 is 6.41 Å². The lowest BCUT2D eigenvalue weighted by molar-refractivity contribution is -0.110. The van der Waals surface area contributed by atoms with Gasteiger partial charge in [-0.05, 0) is 38.9 Å². The third-order valence-electron chi connectivity index (χ3n) is 2.76. The molecule has 1 rings (SSSR count). The maximum absolute atomic E-state index is 10.3. The van der Waals surface area contributed by atoms with E-state index in [-0.39, 0.29) is 0 Å². The Labute approximate surface area is 74.1 Å². The zero-order valence-electron chi connectivity index (χ0n) is 7.92. The van der Waals surface area contributed by atoms with Crippen LogP contribution in [0.5, 0.6) is 0 Å². The van der Waals surface area contributed by atoms with Gasteiger partial charge in [0, 0.05) is 6.04 Å². The minimum absolute atomic E-state index is 0.382. The van der Waals surface area contributed by atoms with Gasteiger partial charge < -0.3 is 10.2 Å². The molecule has 1 N–H and O–H groups in total. The van der Waals surface area contributed by atoms with Crippen molar-refractivity contribution in [1.82, 2.24) is 10.2 Å². The van der Waals surface area contributed by atoms with Crippen molar-refractivity contribution in [3.63, 3.8) is 0 Å². The molecule has 0 bridgehead atoms. The van der Waals surface area contributed by atoms with E-state index in [0.717, 1.165) is 25.9 Å². The summed E-state index contributed by atoms with van der Waals surface area (Å²) in [6, 6.07) is 0.382. The summed E-state index contributed by atoms with van der Waals surface area (Å²) in [5.74, 6) is 0.611. The molecule has 3 nitrogen and oxygen atoms in total. The second-order valence-electron chi connectivity index (χ2n) is 3.75. The highest BCUT2D eigenvalue weighted by Crippen LogP contribution is 2.15. The first kappa shape index (κ1) is 9.52. The maximum atomic E-state index is 10.3. The van der Waals surface area contributed by atoms with Gasteiger partial charge in [-0.25, -0.2) is 0 Å². The molecular weight excluding hydrogens is 152 g/mol. The first-order valence-corrected chi connectivity index (χ1v) is 4.62. The highest BCUT2D eigenvalue weighted by atomic mass is 16.1. The number of carbonyl (C=O) groups excluding carboxylic acids is 1. The van der Waals surface area contributed by atoms with E-state index in [2.05, 4.69) is 24.2 Å². The number of hydrogen-bond donors (Lipinski definition) is 1. The number of nitrogens with zero attached hydrogens (tertiary/aromatic N) is 1. The van der Waals surface area contributed by atoms with Crippen LogP contribution >= 0.6 is 0 Å². The molecule has 0 aromatic carbocycles. The Morgan fingerprint density at radius 2 is 2.08 bits per heavy atom. The highest BCUT2D eigenvalue weighted by Gasteiger charge is 2.20. The molecule has 1 aliphatic rings. The Balaban J connectivity index is 2.43. The molecule has 1 aliphatic heterocycles. The molecule has 1 fully saturated rings. The van der Waals surface area contributed by atoms with E-state index in [1.165, 1.54) is 6.42 Å². The summed E-state index contributed by atoms with van der Waals surface area (Å²) in [6.07, 6.45) is 3.09. The predicted octanol–water partition coefficient (Wildman–Crippen LogP) is 0.463. The Bertz CT molecular complexity index is 149. The zero-order valence-corrected chi connectivity index (χ0v) is 7.92. The minimum atomic E-state index is 0.382. The Hall–Kier alpha value is -0.570. The summed E-state index contributed by atoms with van der Waals surface area (Å²) in [4.78, 5) is 12.6. The van der Waals surface area contributed by atoms with Crippen LogP contribution in [-0.4, -0.2) is 37.5 Å². The lowest BCUT2D eigenvalue weighted by Crippen LogP contribution is -2.34. The van der Waals surface area contributed by atoms with Crippen LogP contribution in [-0.2, 0) is 4.79 Å². The number of hydrogen-bond acceptors (Lipinski definition) is 2. The van der Waals surface area contributed by atoms with Gasteiger partial charge in [0.2, 0.25) is 6.41 Å². The van der Waals surface area contributed by atoms with E-state index in [4.69, 9.17) is 0 Å². The van der Waals surface area contributed by atoms with Crippen molar-refractivity contribution in [2.45, 2.75) is 25.8 Å². The highest BCUT2D eigenvalue weighted by molar-refractivity contribution is 5.46. The molecule has 0 aromatic heterocycles. The molecule has 12 heavy (non-hydrogen) atoms. The number of likely N-dealkylation sites (tertiary alicyclic amines) is 1. The molecule has 2 atom stereocenters. The van der Waals surface area contributed by atoms with Gasteiger partial charge in [0.1, 0.15) is 0 Å². The summed E-state index contributed by atoms with van der Waals surface area (Å²) in [5.41, 5.74) is 0. The number of nitrogens with one attached hydrogen (secondary N) is 1. The molecule has 1 amide bonds. The predicted molar refractivity (Wildman–Crippen MR) is 48.9 cm³/mol. The summed E-state index contributed by atoms with van der Waals surface area (Å²) < 4.78 is 0. The standard InChI is InChI=1S/C9H18N2O/c1-8-3-5-11(2)6-4-9(8)10-7-12/h7-9H,3-6H2,1-2H3,(H,10,12).